The van der Waals surface area contributed by atoms with E-state index < -0.39 is 9.84 Å². The first-order chi connectivity index (χ1) is 18.4. The van der Waals surface area contributed by atoms with Gasteiger partial charge in [-0.2, -0.15) is 0 Å². The van der Waals surface area contributed by atoms with Crippen LogP contribution in [0.4, 0.5) is 4.79 Å². The van der Waals surface area contributed by atoms with Crippen molar-refractivity contribution in [2.45, 2.75) is 37.8 Å². The number of amides is 2. The molecule has 2 heterocycles. The van der Waals surface area contributed by atoms with Crippen molar-refractivity contribution < 1.29 is 17.9 Å². The van der Waals surface area contributed by atoms with E-state index in [1.165, 1.54) is 0 Å². The number of carbonyl (C=O) groups excluding carboxylic acids is 1. The maximum absolute atomic E-state index is 13.6. The zero-order chi connectivity index (χ0) is 27.0. The fraction of sp³-hybridized carbons (Fsp3) is 0.429. The van der Waals surface area contributed by atoms with Crippen molar-refractivity contribution in [2.75, 3.05) is 45.9 Å². The number of nitrogens with one attached hydrogen (secondary N) is 1. The second-order valence-electron chi connectivity index (χ2n) is 9.50. The highest BCUT2D eigenvalue weighted by Gasteiger charge is 2.26. The highest BCUT2D eigenvalue weighted by atomic mass is 32.2. The Morgan fingerprint density at radius 3 is 2.50 bits per heavy atom. The molecule has 1 N–H and O–H groups in total. The third-order valence-corrected chi connectivity index (χ3v) is 8.30. The average molecular weight is 540 g/mol. The molecule has 0 spiro atoms. The number of rotatable bonds is 11. The molecule has 10 heteroatoms. The molecule has 1 fully saturated rings. The van der Waals surface area contributed by atoms with E-state index in [-0.39, 0.29) is 23.5 Å². The molecule has 0 bridgehead atoms. The topological polar surface area (TPSA) is 96.8 Å². The first kappa shape index (κ1) is 27.8. The molecule has 0 aliphatic carbocycles. The second-order valence-corrected chi connectivity index (χ2v) is 11.4. The largest absolute Gasteiger partial charge is 0.379 e. The molecule has 2 amide bonds. The van der Waals surface area contributed by atoms with Crippen LogP contribution in [0.3, 0.4) is 0 Å². The number of nitrogens with zero attached hydrogens (tertiary/aromatic N) is 4. The lowest BCUT2D eigenvalue weighted by atomic mass is 10.1. The maximum atomic E-state index is 13.6. The van der Waals surface area contributed by atoms with Crippen molar-refractivity contribution in [3.05, 3.63) is 83.2 Å². The van der Waals surface area contributed by atoms with Gasteiger partial charge in [0.25, 0.3) is 0 Å². The van der Waals surface area contributed by atoms with Gasteiger partial charge in [-0.1, -0.05) is 54.6 Å². The normalized spacial score (nSPS) is 14.4. The van der Waals surface area contributed by atoms with Gasteiger partial charge in [-0.25, -0.2) is 18.2 Å². The van der Waals surface area contributed by atoms with Crippen molar-refractivity contribution in [3.8, 4) is 0 Å². The molecule has 0 saturated carbocycles. The number of hydrogen-bond donors (Lipinski definition) is 1. The molecular formula is C28H37N5O4S. The van der Waals surface area contributed by atoms with Gasteiger partial charge < -0.3 is 19.5 Å². The van der Waals surface area contributed by atoms with E-state index in [0.29, 0.717) is 45.1 Å². The monoisotopic (exact) mass is 539 g/mol. The van der Waals surface area contributed by atoms with Crippen LogP contribution in [0.5, 0.6) is 0 Å². The summed E-state index contributed by atoms with van der Waals surface area (Å²) in [6, 6.07) is 17.0. The molecule has 1 saturated heterocycles. The number of benzene rings is 2. The Kier molecular flexibility index (Phi) is 9.54. The highest BCUT2D eigenvalue weighted by Crippen LogP contribution is 2.22. The molecule has 0 radical (unpaired) electrons. The molecule has 1 aliphatic rings. The summed E-state index contributed by atoms with van der Waals surface area (Å²) < 4.78 is 34.5. The first-order valence-corrected chi connectivity index (χ1v) is 14.7. The van der Waals surface area contributed by atoms with Crippen LogP contribution >= 0.6 is 0 Å². The van der Waals surface area contributed by atoms with Gasteiger partial charge >= 0.3 is 6.03 Å². The van der Waals surface area contributed by atoms with Crippen molar-refractivity contribution in [1.29, 1.82) is 0 Å². The molecule has 3 aromatic rings. The standard InChI is InChI=1S/C28H37N5O4S/c1-3-29-27(34)32(14-13-31-15-17-37-18-16-31)21-26-19-30-28(33(26)20-24-10-5-4-6-11-24)38(35,36)22-25-12-8-7-9-23(25)2/h4-12,19H,3,13-18,20-22H2,1-2H3,(H,29,34). The minimum Gasteiger partial charge on any atom is -0.379 e. The van der Waals surface area contributed by atoms with E-state index in [4.69, 9.17) is 4.74 Å². The Hall–Kier alpha value is -3.21. The summed E-state index contributed by atoms with van der Waals surface area (Å²) in [6.07, 6.45) is 1.59. The Labute approximate surface area is 225 Å². The van der Waals surface area contributed by atoms with Gasteiger partial charge in [-0.05, 0) is 30.5 Å². The van der Waals surface area contributed by atoms with E-state index >= 15 is 0 Å². The molecule has 204 valence electrons. The van der Waals surface area contributed by atoms with Gasteiger partial charge in [-0.3, -0.25) is 4.90 Å². The molecule has 4 rings (SSSR count). The number of urea groups is 1. The molecule has 38 heavy (non-hydrogen) atoms. The lowest BCUT2D eigenvalue weighted by Crippen LogP contribution is -2.46. The van der Waals surface area contributed by atoms with Crippen molar-refractivity contribution >= 4 is 15.9 Å². The van der Waals surface area contributed by atoms with Gasteiger partial charge in [0.15, 0.2) is 0 Å². The van der Waals surface area contributed by atoms with Crippen LogP contribution < -0.4 is 5.32 Å². The Morgan fingerprint density at radius 1 is 1.08 bits per heavy atom. The van der Waals surface area contributed by atoms with Gasteiger partial charge in [0.2, 0.25) is 15.0 Å². The molecular weight excluding hydrogens is 502 g/mol. The lowest BCUT2D eigenvalue weighted by molar-refractivity contribution is 0.0346. The van der Waals surface area contributed by atoms with E-state index in [1.54, 1.807) is 15.7 Å². The third-order valence-electron chi connectivity index (χ3n) is 6.73. The Morgan fingerprint density at radius 2 is 1.79 bits per heavy atom. The SMILES string of the molecule is CCNC(=O)N(CCN1CCOCC1)Cc1cnc(S(=O)(=O)Cc2ccccc2C)n1Cc1ccccc1. The molecule has 0 unspecified atom stereocenters. The fourth-order valence-electron chi connectivity index (χ4n) is 4.54. The van der Waals surface area contributed by atoms with Crippen molar-refractivity contribution in [3.63, 3.8) is 0 Å². The number of morpholine rings is 1. The number of imidazole rings is 1. The first-order valence-electron chi connectivity index (χ1n) is 13.1. The van der Waals surface area contributed by atoms with Crippen LogP contribution in [-0.4, -0.2) is 79.7 Å². The molecule has 2 aromatic carbocycles. The van der Waals surface area contributed by atoms with Crippen LogP contribution in [-0.2, 0) is 33.4 Å². The average Bonchev–Trinajstić information content (AvgIpc) is 3.32. The smallest absolute Gasteiger partial charge is 0.317 e. The predicted molar refractivity (Wildman–Crippen MR) is 147 cm³/mol. The van der Waals surface area contributed by atoms with Gasteiger partial charge in [0, 0.05) is 32.7 Å². The highest BCUT2D eigenvalue weighted by molar-refractivity contribution is 7.90. The van der Waals surface area contributed by atoms with E-state index in [0.717, 1.165) is 29.8 Å². The summed E-state index contributed by atoms with van der Waals surface area (Å²) in [5.41, 5.74) is 3.29. The minimum absolute atomic E-state index is 0.0173. The van der Waals surface area contributed by atoms with Crippen LogP contribution in [0.25, 0.3) is 0 Å². The molecule has 9 nitrogen and oxygen atoms in total. The number of hydrogen-bond acceptors (Lipinski definition) is 6. The van der Waals surface area contributed by atoms with Crippen molar-refractivity contribution in [1.82, 2.24) is 24.7 Å². The number of aromatic nitrogens is 2. The van der Waals surface area contributed by atoms with E-state index in [2.05, 4.69) is 15.2 Å². The van der Waals surface area contributed by atoms with Crippen LogP contribution in [0.15, 0.2) is 66.0 Å². The Bertz CT molecular complexity index is 1300. The summed E-state index contributed by atoms with van der Waals surface area (Å²) in [5, 5.41) is 2.91. The minimum atomic E-state index is -3.75. The van der Waals surface area contributed by atoms with Crippen molar-refractivity contribution in [2.24, 2.45) is 0 Å². The number of ether oxygens (including phenoxy) is 1. The number of carbonyl (C=O) groups is 1. The Balaban J connectivity index is 1.64. The zero-order valence-corrected chi connectivity index (χ0v) is 23.0. The molecule has 0 atom stereocenters. The summed E-state index contributed by atoms with van der Waals surface area (Å²) in [7, 11) is -3.75. The third kappa shape index (κ3) is 7.21. The van der Waals surface area contributed by atoms with Crippen LogP contribution in [0.2, 0.25) is 0 Å². The summed E-state index contributed by atoms with van der Waals surface area (Å²) in [4.78, 5) is 21.4. The second kappa shape index (κ2) is 13.0. The van der Waals surface area contributed by atoms with Gasteiger partial charge in [-0.15, -0.1) is 0 Å². The molecule has 1 aliphatic heterocycles. The quantitative estimate of drug-likeness (QED) is 0.402. The lowest BCUT2D eigenvalue weighted by Gasteiger charge is -2.30. The van der Waals surface area contributed by atoms with Gasteiger partial charge in [0.1, 0.15) is 0 Å². The fourth-order valence-corrected chi connectivity index (χ4v) is 6.13. The number of sulfone groups is 1. The maximum Gasteiger partial charge on any atom is 0.317 e. The predicted octanol–water partition coefficient (Wildman–Crippen LogP) is 3.08. The van der Waals surface area contributed by atoms with Crippen LogP contribution in [0.1, 0.15) is 29.3 Å². The van der Waals surface area contributed by atoms with E-state index in [1.807, 2.05) is 68.4 Å². The van der Waals surface area contributed by atoms with Crippen LogP contribution in [0, 0.1) is 6.92 Å². The summed E-state index contributed by atoms with van der Waals surface area (Å²) in [5.74, 6) is -0.137. The summed E-state index contributed by atoms with van der Waals surface area (Å²) in [6.45, 7) is 9.14. The number of aryl methyl sites for hydroxylation is 1. The van der Waals surface area contributed by atoms with Gasteiger partial charge in [0.05, 0.1) is 43.9 Å². The van der Waals surface area contributed by atoms with E-state index in [9.17, 15) is 13.2 Å². The summed E-state index contributed by atoms with van der Waals surface area (Å²) >= 11 is 0. The zero-order valence-electron chi connectivity index (χ0n) is 22.2. The molecule has 1 aromatic heterocycles.